The van der Waals surface area contributed by atoms with E-state index in [-0.39, 0.29) is 5.75 Å². The summed E-state index contributed by atoms with van der Waals surface area (Å²) in [5.74, 6) is 6.29. The van der Waals surface area contributed by atoms with Gasteiger partial charge < -0.3 is 9.30 Å². The zero-order valence-corrected chi connectivity index (χ0v) is 10.3. The van der Waals surface area contributed by atoms with Gasteiger partial charge in [-0.2, -0.15) is 8.78 Å². The second kappa shape index (κ2) is 5.77. The predicted octanol–water partition coefficient (Wildman–Crippen LogP) is 1.57. The number of alkyl halides is 2. The maximum Gasteiger partial charge on any atom is 0.387 e. The number of nitrogens with one attached hydrogen (secondary N) is 1. The van der Waals surface area contributed by atoms with E-state index in [1.54, 1.807) is 29.1 Å². The molecule has 0 aliphatic heterocycles. The van der Waals surface area contributed by atoms with Gasteiger partial charge in [-0.05, 0) is 17.7 Å². The summed E-state index contributed by atoms with van der Waals surface area (Å²) in [6, 6.07) is 5.95. The Kier molecular flexibility index (Phi) is 4.08. The highest BCUT2D eigenvalue weighted by molar-refractivity contribution is 5.33. The van der Waals surface area contributed by atoms with Crippen molar-refractivity contribution in [3.05, 3.63) is 48.0 Å². The first-order valence-electron chi connectivity index (χ1n) is 5.60. The maximum absolute atomic E-state index is 12.2. The number of hydrazine groups is 1. The van der Waals surface area contributed by atoms with E-state index in [1.807, 2.05) is 7.05 Å². The summed E-state index contributed by atoms with van der Waals surface area (Å²) in [6.45, 7) is -2.85. The van der Waals surface area contributed by atoms with E-state index in [2.05, 4.69) is 15.1 Å². The second-order valence-corrected chi connectivity index (χ2v) is 3.95. The number of halogens is 2. The Morgan fingerprint density at radius 1 is 1.42 bits per heavy atom. The van der Waals surface area contributed by atoms with Crippen molar-refractivity contribution < 1.29 is 13.5 Å². The van der Waals surface area contributed by atoms with Gasteiger partial charge in [0.1, 0.15) is 17.6 Å². The van der Waals surface area contributed by atoms with Crippen LogP contribution in [0.5, 0.6) is 5.75 Å². The molecule has 0 saturated heterocycles. The number of nitrogens with zero attached hydrogens (tertiary/aromatic N) is 2. The third-order valence-corrected chi connectivity index (χ3v) is 2.70. The van der Waals surface area contributed by atoms with Crippen molar-refractivity contribution in [1.29, 1.82) is 0 Å². The average Bonchev–Trinajstić information content (AvgIpc) is 2.77. The fraction of sp³-hybridized carbons (Fsp3) is 0.250. The Hall–Kier alpha value is -1.99. The Bertz CT molecular complexity index is 544. The molecule has 0 radical (unpaired) electrons. The third-order valence-electron chi connectivity index (χ3n) is 2.70. The van der Waals surface area contributed by atoms with Gasteiger partial charge in [0, 0.05) is 19.4 Å². The molecule has 0 saturated carbocycles. The molecule has 0 amide bonds. The van der Waals surface area contributed by atoms with Crippen LogP contribution in [0.4, 0.5) is 8.78 Å². The van der Waals surface area contributed by atoms with Gasteiger partial charge >= 0.3 is 6.61 Å². The molecule has 3 N–H and O–H groups in total. The summed E-state index contributed by atoms with van der Waals surface area (Å²) in [5, 5.41) is 0. The SMILES string of the molecule is Cn1ccnc1C(NN)c1cccc(OC(F)F)c1. The molecule has 102 valence electrons. The molecule has 1 aromatic heterocycles. The molecule has 1 heterocycles. The van der Waals surface area contributed by atoms with Crippen LogP contribution < -0.4 is 16.0 Å². The van der Waals surface area contributed by atoms with Gasteiger partial charge in [0.2, 0.25) is 0 Å². The summed E-state index contributed by atoms with van der Waals surface area (Å²) in [4.78, 5) is 4.19. The summed E-state index contributed by atoms with van der Waals surface area (Å²) < 4.78 is 30.6. The van der Waals surface area contributed by atoms with Crippen molar-refractivity contribution in [2.45, 2.75) is 12.7 Å². The summed E-state index contributed by atoms with van der Waals surface area (Å²) in [5.41, 5.74) is 3.31. The zero-order chi connectivity index (χ0) is 13.8. The van der Waals surface area contributed by atoms with Gasteiger partial charge in [-0.25, -0.2) is 10.4 Å². The first-order chi connectivity index (χ1) is 9.11. The number of benzene rings is 1. The summed E-state index contributed by atoms with van der Waals surface area (Å²) in [6.07, 6.45) is 3.42. The van der Waals surface area contributed by atoms with E-state index in [0.29, 0.717) is 11.4 Å². The van der Waals surface area contributed by atoms with Gasteiger partial charge in [-0.1, -0.05) is 12.1 Å². The van der Waals surface area contributed by atoms with Crippen molar-refractivity contribution in [2.75, 3.05) is 0 Å². The average molecular weight is 268 g/mol. The third kappa shape index (κ3) is 3.07. The molecule has 2 aromatic rings. The van der Waals surface area contributed by atoms with Crippen molar-refractivity contribution >= 4 is 0 Å². The minimum Gasteiger partial charge on any atom is -0.435 e. The van der Waals surface area contributed by atoms with E-state index in [9.17, 15) is 8.78 Å². The van der Waals surface area contributed by atoms with E-state index in [4.69, 9.17) is 5.84 Å². The number of rotatable bonds is 5. The highest BCUT2D eigenvalue weighted by Gasteiger charge is 2.17. The van der Waals surface area contributed by atoms with Crippen LogP contribution in [0.3, 0.4) is 0 Å². The number of imidazole rings is 1. The molecular weight excluding hydrogens is 254 g/mol. The molecule has 0 fully saturated rings. The molecule has 0 aliphatic rings. The summed E-state index contributed by atoms with van der Waals surface area (Å²) in [7, 11) is 1.83. The van der Waals surface area contributed by atoms with Crippen LogP contribution in [-0.2, 0) is 7.05 Å². The van der Waals surface area contributed by atoms with Gasteiger partial charge in [-0.3, -0.25) is 5.84 Å². The summed E-state index contributed by atoms with van der Waals surface area (Å²) >= 11 is 0. The first-order valence-corrected chi connectivity index (χ1v) is 5.60. The van der Waals surface area contributed by atoms with Crippen molar-refractivity contribution in [2.24, 2.45) is 12.9 Å². The lowest BCUT2D eigenvalue weighted by atomic mass is 10.1. The van der Waals surface area contributed by atoms with Crippen LogP contribution in [0.2, 0.25) is 0 Å². The Labute approximate surface area is 109 Å². The Morgan fingerprint density at radius 3 is 2.79 bits per heavy atom. The van der Waals surface area contributed by atoms with Crippen molar-refractivity contribution in [1.82, 2.24) is 15.0 Å². The fourth-order valence-electron chi connectivity index (χ4n) is 1.85. The van der Waals surface area contributed by atoms with Crippen LogP contribution in [0.1, 0.15) is 17.4 Å². The van der Waals surface area contributed by atoms with E-state index >= 15 is 0 Å². The number of aromatic nitrogens is 2. The monoisotopic (exact) mass is 268 g/mol. The standard InChI is InChI=1S/C12H14F2N4O/c1-18-6-5-16-11(18)10(17-15)8-3-2-4-9(7-8)19-12(13)14/h2-7,10,12,17H,15H2,1H3. The number of hydrogen-bond donors (Lipinski definition) is 2. The number of hydrogen-bond acceptors (Lipinski definition) is 4. The quantitative estimate of drug-likeness (QED) is 0.638. The van der Waals surface area contributed by atoms with E-state index in [0.717, 1.165) is 0 Å². The fourth-order valence-corrected chi connectivity index (χ4v) is 1.85. The molecule has 1 aromatic carbocycles. The number of nitrogens with two attached hydrogens (primary N) is 1. The van der Waals surface area contributed by atoms with Crippen LogP contribution in [-0.4, -0.2) is 16.2 Å². The largest absolute Gasteiger partial charge is 0.435 e. The normalized spacial score (nSPS) is 12.7. The molecule has 5 nitrogen and oxygen atoms in total. The highest BCUT2D eigenvalue weighted by atomic mass is 19.3. The molecule has 7 heteroatoms. The Balaban J connectivity index is 2.31. The lowest BCUT2D eigenvalue weighted by Gasteiger charge is -2.17. The number of aryl methyl sites for hydroxylation is 1. The van der Waals surface area contributed by atoms with Gasteiger partial charge in [0.25, 0.3) is 0 Å². The molecular formula is C12H14F2N4O. The Morgan fingerprint density at radius 2 is 2.21 bits per heavy atom. The topological polar surface area (TPSA) is 65.1 Å². The second-order valence-electron chi connectivity index (χ2n) is 3.95. The van der Waals surface area contributed by atoms with Crippen LogP contribution in [0.15, 0.2) is 36.7 Å². The van der Waals surface area contributed by atoms with Crippen LogP contribution >= 0.6 is 0 Å². The van der Waals surface area contributed by atoms with E-state index in [1.165, 1.54) is 12.1 Å². The zero-order valence-electron chi connectivity index (χ0n) is 10.3. The molecule has 1 unspecified atom stereocenters. The maximum atomic E-state index is 12.2. The molecule has 2 rings (SSSR count). The molecule has 0 aliphatic carbocycles. The van der Waals surface area contributed by atoms with E-state index < -0.39 is 12.7 Å². The molecule has 1 atom stereocenters. The molecule has 0 spiro atoms. The lowest BCUT2D eigenvalue weighted by Crippen LogP contribution is -2.30. The van der Waals surface area contributed by atoms with Crippen molar-refractivity contribution in [3.63, 3.8) is 0 Å². The number of ether oxygens (including phenoxy) is 1. The minimum absolute atomic E-state index is 0.0851. The minimum atomic E-state index is -2.85. The highest BCUT2D eigenvalue weighted by Crippen LogP contribution is 2.24. The van der Waals surface area contributed by atoms with Gasteiger partial charge in [-0.15, -0.1) is 0 Å². The lowest BCUT2D eigenvalue weighted by molar-refractivity contribution is -0.0498. The van der Waals surface area contributed by atoms with Gasteiger partial charge in [0.05, 0.1) is 0 Å². The molecule has 19 heavy (non-hydrogen) atoms. The predicted molar refractivity (Wildman–Crippen MR) is 65.4 cm³/mol. The smallest absolute Gasteiger partial charge is 0.387 e. The van der Waals surface area contributed by atoms with Gasteiger partial charge in [0.15, 0.2) is 0 Å². The van der Waals surface area contributed by atoms with Crippen LogP contribution in [0, 0.1) is 0 Å². The first kappa shape index (κ1) is 13.4. The van der Waals surface area contributed by atoms with Crippen molar-refractivity contribution in [3.8, 4) is 5.75 Å². The van der Waals surface area contributed by atoms with Crippen LogP contribution in [0.25, 0.3) is 0 Å². The molecule has 0 bridgehead atoms.